The lowest BCUT2D eigenvalue weighted by Gasteiger charge is -1.42. The van der Waals surface area contributed by atoms with E-state index in [1.165, 1.54) is 0 Å². The molecule has 4 heavy (non-hydrogen) atoms. The molecule has 1 unspecified atom stereocenters. The number of rotatable bonds is 0. The van der Waals surface area contributed by atoms with Crippen molar-refractivity contribution in [3.05, 3.63) is 11.4 Å². The quantitative estimate of drug-likeness (QED) is 0.383. The summed E-state index contributed by atoms with van der Waals surface area (Å²) in [5.41, 5.74) is 0.0694. The van der Waals surface area contributed by atoms with Crippen molar-refractivity contribution in [1.82, 2.24) is 0 Å². The fourth-order valence-electron chi connectivity index (χ4n) is 0.0273. The maximum atomic E-state index is 11.0. The van der Waals surface area contributed by atoms with E-state index < -0.39 is 0 Å². The second-order valence-electron chi connectivity index (χ2n) is 0.637. The Morgan fingerprint density at radius 1 is 2.00 bits per heavy atom. The zero-order valence-corrected chi connectivity index (χ0v) is 2.96. The van der Waals surface area contributed by atoms with Gasteiger partial charge in [-0.25, -0.2) is 4.39 Å². The van der Waals surface area contributed by atoms with Crippen LogP contribution >= 0.6 is 8.58 Å². The fourth-order valence-corrected chi connectivity index (χ4v) is 0.0818. The molecule has 0 aromatic heterocycles. The highest BCUT2D eigenvalue weighted by atomic mass is 31.1. The van der Waals surface area contributed by atoms with Crippen molar-refractivity contribution < 1.29 is 4.39 Å². The van der Waals surface area contributed by atoms with Crippen LogP contribution in [0.4, 0.5) is 4.39 Å². The molecule has 0 spiro atoms. The molecule has 0 aliphatic carbocycles. The first-order valence-corrected chi connectivity index (χ1v) is 2.09. The van der Waals surface area contributed by atoms with Gasteiger partial charge in [0.05, 0.1) is 0 Å². The van der Waals surface area contributed by atoms with Crippen LogP contribution in [0.1, 0.15) is 0 Å². The Morgan fingerprint density at radius 3 is 2.25 bits per heavy atom. The van der Waals surface area contributed by atoms with Crippen molar-refractivity contribution in [1.29, 1.82) is 0 Å². The van der Waals surface area contributed by atoms with Gasteiger partial charge in [0.15, 0.2) is 0 Å². The van der Waals surface area contributed by atoms with Crippen molar-refractivity contribution in [3.63, 3.8) is 0 Å². The summed E-state index contributed by atoms with van der Waals surface area (Å²) >= 11 is 0. The first-order valence-electron chi connectivity index (χ1n) is 1.02. The maximum absolute atomic E-state index is 11.0. The number of halogens is 1. The van der Waals surface area contributed by atoms with E-state index in [9.17, 15) is 4.39 Å². The van der Waals surface area contributed by atoms with Crippen LogP contribution in [0, 0.1) is 0 Å². The highest BCUT2D eigenvalue weighted by Crippen LogP contribution is 2.42. The second kappa shape index (κ2) is 0.526. The second-order valence-corrected chi connectivity index (χ2v) is 1.69. The van der Waals surface area contributed by atoms with Crippen molar-refractivity contribution in [3.8, 4) is 0 Å². The molecule has 0 aromatic rings. The van der Waals surface area contributed by atoms with Gasteiger partial charge in [0, 0.05) is 0 Å². The average molecular weight is 76.0 g/mol. The summed E-state index contributed by atoms with van der Waals surface area (Å²) < 4.78 is 11.0. The Morgan fingerprint density at radius 2 is 2.25 bits per heavy atom. The zero-order chi connectivity index (χ0) is 2.99. The van der Waals surface area contributed by atoms with Gasteiger partial charge in [-0.1, -0.05) is 0 Å². The van der Waals surface area contributed by atoms with Crippen LogP contribution in [0.15, 0.2) is 11.4 Å². The fraction of sp³-hybridized carbons (Fsp3) is 0. The monoisotopic (exact) mass is 76.0 g/mol. The van der Waals surface area contributed by atoms with Gasteiger partial charge in [-0.15, -0.1) is 0 Å². The Kier molecular flexibility index (Phi) is 0.308. The van der Waals surface area contributed by atoms with E-state index in [1.54, 1.807) is 5.82 Å². The Balaban J connectivity index is 2.54. The smallest absolute Gasteiger partial charge is 0.124 e. The third kappa shape index (κ3) is 0.264. The van der Waals surface area contributed by atoms with E-state index >= 15 is 0 Å². The third-order valence-electron chi connectivity index (χ3n) is 0.253. The highest BCUT2D eigenvalue weighted by Gasteiger charge is 2.00. The normalized spacial score (nSPS) is 25.8. The van der Waals surface area contributed by atoms with Crippen molar-refractivity contribution in [2.75, 3.05) is 0 Å². The molecule has 1 aliphatic heterocycles. The molecule has 1 atom stereocenters. The Labute approximate surface area is 25.5 Å². The lowest BCUT2D eigenvalue weighted by Crippen LogP contribution is -1.08. The van der Waals surface area contributed by atoms with E-state index in [0.717, 1.165) is 0 Å². The van der Waals surface area contributed by atoms with Crippen LogP contribution in [-0.2, 0) is 0 Å². The van der Waals surface area contributed by atoms with E-state index in [4.69, 9.17) is 0 Å². The van der Waals surface area contributed by atoms with Crippen LogP contribution in [0.5, 0.6) is 0 Å². The number of hydrogen-bond donors (Lipinski definition) is 0. The SMILES string of the molecule is FC1=CP1. The van der Waals surface area contributed by atoms with Crippen LogP contribution in [-0.4, -0.2) is 0 Å². The molecule has 0 fully saturated rings. The molecule has 0 aromatic carbocycles. The third-order valence-corrected chi connectivity index (χ3v) is 0.760. The maximum Gasteiger partial charge on any atom is 0.124 e. The van der Waals surface area contributed by atoms with Crippen LogP contribution in [0.3, 0.4) is 0 Å². The van der Waals surface area contributed by atoms with E-state index in [0.29, 0.717) is 8.58 Å². The predicted octanol–water partition coefficient (Wildman–Crippen LogP) is 1.45. The zero-order valence-electron chi connectivity index (χ0n) is 1.96. The summed E-state index contributed by atoms with van der Waals surface area (Å²) in [6, 6.07) is 0. The minimum absolute atomic E-state index is 0.0694. The Bertz CT molecular complexity index is 57.1. The van der Waals surface area contributed by atoms with Gasteiger partial charge in [-0.05, 0) is 14.4 Å². The summed E-state index contributed by atoms with van der Waals surface area (Å²) in [5, 5.41) is 0. The molecule has 0 saturated carbocycles. The topological polar surface area (TPSA) is 0 Å². The van der Waals surface area contributed by atoms with Gasteiger partial charge in [0.2, 0.25) is 0 Å². The number of hydrogen-bond acceptors (Lipinski definition) is 0. The van der Waals surface area contributed by atoms with Crippen molar-refractivity contribution in [2.45, 2.75) is 0 Å². The van der Waals surface area contributed by atoms with E-state index in [-0.39, 0.29) is 5.57 Å². The molecule has 1 heterocycles. The molecule has 0 N–H and O–H groups in total. The van der Waals surface area contributed by atoms with E-state index in [2.05, 4.69) is 0 Å². The largest absolute Gasteiger partial charge is 0.207 e. The lowest BCUT2D eigenvalue weighted by molar-refractivity contribution is 0.712. The van der Waals surface area contributed by atoms with Gasteiger partial charge in [0.1, 0.15) is 5.57 Å². The van der Waals surface area contributed by atoms with Crippen LogP contribution in [0.2, 0.25) is 0 Å². The molecule has 1 rings (SSSR count). The molecule has 1 aliphatic rings. The molecule has 0 bridgehead atoms. The van der Waals surface area contributed by atoms with Crippen LogP contribution in [0.25, 0.3) is 0 Å². The van der Waals surface area contributed by atoms with Gasteiger partial charge >= 0.3 is 0 Å². The van der Waals surface area contributed by atoms with E-state index in [1.807, 2.05) is 0 Å². The minimum atomic E-state index is 0.0694. The highest BCUT2D eigenvalue weighted by molar-refractivity contribution is 7.54. The summed E-state index contributed by atoms with van der Waals surface area (Å²) in [6.45, 7) is 0. The summed E-state index contributed by atoms with van der Waals surface area (Å²) in [7, 11) is 0.432. The molecule has 2 heteroatoms. The van der Waals surface area contributed by atoms with Crippen molar-refractivity contribution in [2.24, 2.45) is 0 Å². The first-order chi connectivity index (χ1) is 1.89. The van der Waals surface area contributed by atoms with Crippen molar-refractivity contribution >= 4 is 8.58 Å². The molecule has 0 nitrogen and oxygen atoms in total. The van der Waals surface area contributed by atoms with Gasteiger partial charge in [-0.2, -0.15) is 0 Å². The standard InChI is InChI=1S/C2H2FP/c3-2-1-4-2/h1,4H. The lowest BCUT2D eigenvalue weighted by atomic mass is 11.2. The summed E-state index contributed by atoms with van der Waals surface area (Å²) in [5.74, 6) is 1.57. The van der Waals surface area contributed by atoms with Crippen LogP contribution < -0.4 is 0 Å². The molecular weight excluding hydrogens is 74.0 g/mol. The summed E-state index contributed by atoms with van der Waals surface area (Å²) in [4.78, 5) is 0. The van der Waals surface area contributed by atoms with Gasteiger partial charge in [0.25, 0.3) is 0 Å². The average Bonchev–Trinajstić information content (AvgIpc) is 1.75. The van der Waals surface area contributed by atoms with Gasteiger partial charge < -0.3 is 0 Å². The molecule has 22 valence electrons. The minimum Gasteiger partial charge on any atom is -0.207 e. The molecular formula is C2H2FP. The van der Waals surface area contributed by atoms with Gasteiger partial charge in [-0.3, -0.25) is 0 Å². The molecule has 0 radical (unpaired) electrons. The predicted molar refractivity (Wildman–Crippen MR) is 17.5 cm³/mol. The first kappa shape index (κ1) is 2.34. The molecule has 0 amide bonds. The Hall–Kier alpha value is 0.100. The molecule has 0 saturated heterocycles. The summed E-state index contributed by atoms with van der Waals surface area (Å²) in [6.07, 6.45) is 0.